The highest BCUT2D eigenvalue weighted by Crippen LogP contribution is 2.21. The topological polar surface area (TPSA) is 64.3 Å². The lowest BCUT2D eigenvalue weighted by Gasteiger charge is -2.14. The van der Waals surface area contributed by atoms with Gasteiger partial charge < -0.3 is 9.84 Å². The van der Waals surface area contributed by atoms with Crippen molar-refractivity contribution in [1.29, 1.82) is 0 Å². The summed E-state index contributed by atoms with van der Waals surface area (Å²) < 4.78 is 6.50. The van der Waals surface area contributed by atoms with Crippen LogP contribution in [-0.4, -0.2) is 22.0 Å². The maximum Gasteiger partial charge on any atom is 0.267 e. The van der Waals surface area contributed by atoms with Crippen LogP contribution in [0.25, 0.3) is 0 Å². The Labute approximate surface area is 122 Å². The second kappa shape index (κ2) is 5.69. The predicted octanol–water partition coefficient (Wildman–Crippen LogP) is 1.47. The summed E-state index contributed by atoms with van der Waals surface area (Å²) in [4.78, 5) is 12.0. The minimum Gasteiger partial charge on any atom is -0.497 e. The Balaban J connectivity index is 1.84. The molecule has 21 heavy (non-hydrogen) atoms. The van der Waals surface area contributed by atoms with E-state index in [2.05, 4.69) is 5.10 Å². The molecule has 0 saturated heterocycles. The Bertz CT molecular complexity index is 709. The minimum absolute atomic E-state index is 0.152. The fraction of sp³-hybridized carbons (Fsp3) is 0.375. The fourth-order valence-electron chi connectivity index (χ4n) is 2.69. The van der Waals surface area contributed by atoms with Crippen LogP contribution in [0.3, 0.4) is 0 Å². The van der Waals surface area contributed by atoms with Crippen LogP contribution < -0.4 is 10.3 Å². The van der Waals surface area contributed by atoms with Crippen molar-refractivity contribution in [3.05, 3.63) is 57.5 Å². The smallest absolute Gasteiger partial charge is 0.267 e. The van der Waals surface area contributed by atoms with Crippen molar-refractivity contribution in [3.8, 4) is 5.75 Å². The summed E-state index contributed by atoms with van der Waals surface area (Å²) in [6, 6.07) is 8.86. The van der Waals surface area contributed by atoms with Crippen molar-refractivity contribution < 1.29 is 9.84 Å². The van der Waals surface area contributed by atoms with E-state index < -0.39 is 6.10 Å². The number of ether oxygens (including phenoxy) is 1. The minimum atomic E-state index is -0.787. The molecule has 0 radical (unpaired) electrons. The van der Waals surface area contributed by atoms with Gasteiger partial charge in [-0.3, -0.25) is 4.79 Å². The number of hydrogen-bond acceptors (Lipinski definition) is 4. The van der Waals surface area contributed by atoms with Crippen molar-refractivity contribution in [2.75, 3.05) is 7.11 Å². The first-order chi connectivity index (χ1) is 10.2. The highest BCUT2D eigenvalue weighted by atomic mass is 16.5. The number of aliphatic hydroxyl groups is 1. The van der Waals surface area contributed by atoms with Crippen LogP contribution in [0.4, 0.5) is 0 Å². The van der Waals surface area contributed by atoms with Gasteiger partial charge in [-0.2, -0.15) is 5.10 Å². The Kier molecular flexibility index (Phi) is 3.75. The summed E-state index contributed by atoms with van der Waals surface area (Å²) in [5.74, 6) is 0.681. The summed E-state index contributed by atoms with van der Waals surface area (Å²) in [5.41, 5.74) is 2.58. The van der Waals surface area contributed by atoms with E-state index in [0.717, 1.165) is 30.5 Å². The zero-order valence-electron chi connectivity index (χ0n) is 12.0. The van der Waals surface area contributed by atoms with E-state index in [1.54, 1.807) is 19.2 Å². The molecule has 0 fully saturated rings. The largest absolute Gasteiger partial charge is 0.497 e. The third kappa shape index (κ3) is 2.83. The van der Waals surface area contributed by atoms with Gasteiger partial charge in [0, 0.05) is 6.07 Å². The van der Waals surface area contributed by atoms with Gasteiger partial charge in [0.1, 0.15) is 5.75 Å². The number of nitrogens with zero attached hydrogens (tertiary/aromatic N) is 2. The maximum atomic E-state index is 12.0. The van der Waals surface area contributed by atoms with Gasteiger partial charge in [-0.25, -0.2) is 4.68 Å². The average molecular weight is 286 g/mol. The number of methoxy groups -OCH3 is 1. The van der Waals surface area contributed by atoms with Crippen molar-refractivity contribution in [1.82, 2.24) is 9.78 Å². The molecule has 0 bridgehead atoms. The number of aliphatic hydroxyl groups excluding tert-OH is 1. The molecule has 2 aromatic rings. The van der Waals surface area contributed by atoms with Crippen molar-refractivity contribution in [2.45, 2.75) is 31.9 Å². The predicted molar refractivity (Wildman–Crippen MR) is 78.5 cm³/mol. The zero-order valence-corrected chi connectivity index (χ0v) is 12.0. The van der Waals surface area contributed by atoms with Crippen molar-refractivity contribution in [3.63, 3.8) is 0 Å². The Hall–Kier alpha value is -2.14. The van der Waals surface area contributed by atoms with Gasteiger partial charge in [-0.1, -0.05) is 12.1 Å². The summed E-state index contributed by atoms with van der Waals surface area (Å²) in [6.45, 7) is 0.152. The van der Waals surface area contributed by atoms with Gasteiger partial charge in [0.25, 0.3) is 5.56 Å². The van der Waals surface area contributed by atoms with E-state index in [1.807, 2.05) is 18.2 Å². The number of aromatic nitrogens is 2. The summed E-state index contributed by atoms with van der Waals surface area (Å²) in [5, 5.41) is 14.7. The Morgan fingerprint density at radius 1 is 1.38 bits per heavy atom. The van der Waals surface area contributed by atoms with E-state index >= 15 is 0 Å². The van der Waals surface area contributed by atoms with Gasteiger partial charge in [-0.05, 0) is 42.5 Å². The molecule has 1 atom stereocenters. The van der Waals surface area contributed by atoms with Gasteiger partial charge in [0.05, 0.1) is 25.5 Å². The number of rotatable bonds is 4. The van der Waals surface area contributed by atoms with Crippen LogP contribution in [0.2, 0.25) is 0 Å². The molecule has 0 amide bonds. The van der Waals surface area contributed by atoms with E-state index in [1.165, 1.54) is 4.68 Å². The Morgan fingerprint density at radius 2 is 2.24 bits per heavy atom. The summed E-state index contributed by atoms with van der Waals surface area (Å²) in [7, 11) is 1.58. The molecule has 1 aromatic heterocycles. The first-order valence-corrected chi connectivity index (χ1v) is 7.09. The highest BCUT2D eigenvalue weighted by Gasteiger charge is 2.17. The van der Waals surface area contributed by atoms with Crippen molar-refractivity contribution >= 4 is 0 Å². The van der Waals surface area contributed by atoms with Gasteiger partial charge in [-0.15, -0.1) is 0 Å². The second-order valence-corrected chi connectivity index (χ2v) is 5.28. The second-order valence-electron chi connectivity index (χ2n) is 5.28. The molecule has 1 N–H and O–H groups in total. The number of benzene rings is 1. The first kappa shape index (κ1) is 13.8. The molecule has 0 saturated carbocycles. The molecule has 5 nitrogen and oxygen atoms in total. The van der Waals surface area contributed by atoms with Crippen molar-refractivity contribution in [2.24, 2.45) is 0 Å². The standard InChI is InChI=1S/C16H18N2O3/c1-21-13-6-2-5-12(8-13)15(19)10-18-16(20)9-11-4-3-7-14(11)17-18/h2,5-6,8-9,15,19H,3-4,7,10H2,1H3/t15-/m1/s1. The summed E-state index contributed by atoms with van der Waals surface area (Å²) in [6.07, 6.45) is 2.09. The highest BCUT2D eigenvalue weighted by molar-refractivity contribution is 5.29. The maximum absolute atomic E-state index is 12.0. The van der Waals surface area contributed by atoms with Crippen LogP contribution in [0.1, 0.15) is 29.3 Å². The molecule has 1 aliphatic rings. The van der Waals surface area contributed by atoms with Crippen LogP contribution >= 0.6 is 0 Å². The molecule has 0 aliphatic heterocycles. The van der Waals surface area contributed by atoms with Gasteiger partial charge >= 0.3 is 0 Å². The van der Waals surface area contributed by atoms with Crippen LogP contribution in [-0.2, 0) is 19.4 Å². The number of hydrogen-bond donors (Lipinski definition) is 1. The van der Waals surface area contributed by atoms with Gasteiger partial charge in [0.15, 0.2) is 0 Å². The van der Waals surface area contributed by atoms with Crippen LogP contribution in [0.5, 0.6) is 5.75 Å². The zero-order chi connectivity index (χ0) is 14.8. The average Bonchev–Trinajstić information content (AvgIpc) is 2.94. The molecule has 5 heteroatoms. The molecular weight excluding hydrogens is 268 g/mol. The van der Waals surface area contributed by atoms with E-state index in [0.29, 0.717) is 11.3 Å². The quantitative estimate of drug-likeness (QED) is 0.924. The monoisotopic (exact) mass is 286 g/mol. The van der Waals surface area contributed by atoms with Gasteiger partial charge in [0.2, 0.25) is 0 Å². The lowest BCUT2D eigenvalue weighted by atomic mass is 10.1. The third-order valence-electron chi connectivity index (χ3n) is 3.85. The fourth-order valence-corrected chi connectivity index (χ4v) is 2.69. The molecule has 110 valence electrons. The number of fused-ring (bicyclic) bond motifs is 1. The van der Waals surface area contributed by atoms with Crippen LogP contribution in [0.15, 0.2) is 35.1 Å². The SMILES string of the molecule is COc1cccc([C@H](O)Cn2nc3c(cc2=O)CCC3)c1. The first-order valence-electron chi connectivity index (χ1n) is 7.09. The molecule has 0 spiro atoms. The molecule has 3 rings (SSSR count). The molecule has 1 aliphatic carbocycles. The molecule has 1 aromatic carbocycles. The third-order valence-corrected chi connectivity index (χ3v) is 3.85. The van der Waals surface area contributed by atoms with E-state index in [9.17, 15) is 9.90 Å². The molecular formula is C16H18N2O3. The van der Waals surface area contributed by atoms with E-state index in [-0.39, 0.29) is 12.1 Å². The molecule has 1 heterocycles. The lowest BCUT2D eigenvalue weighted by molar-refractivity contribution is 0.148. The van der Waals surface area contributed by atoms with E-state index in [4.69, 9.17) is 4.74 Å². The Morgan fingerprint density at radius 3 is 3.05 bits per heavy atom. The normalized spacial score (nSPS) is 14.8. The number of aryl methyl sites for hydroxylation is 2. The lowest BCUT2D eigenvalue weighted by Crippen LogP contribution is -2.26. The van der Waals surface area contributed by atoms with Crippen LogP contribution in [0, 0.1) is 0 Å². The molecule has 0 unspecified atom stereocenters. The summed E-state index contributed by atoms with van der Waals surface area (Å²) >= 11 is 0.